The van der Waals surface area contributed by atoms with Crippen LogP contribution in [0, 0.1) is 0 Å². The summed E-state index contributed by atoms with van der Waals surface area (Å²) in [6.45, 7) is 3.27. The van der Waals surface area contributed by atoms with Crippen molar-refractivity contribution in [3.05, 3.63) is 28.2 Å². The lowest BCUT2D eigenvalue weighted by molar-refractivity contribution is 0.191. The second-order valence-corrected chi connectivity index (χ2v) is 5.37. The molecule has 1 aromatic carbocycles. The van der Waals surface area contributed by atoms with Crippen molar-refractivity contribution in [3.8, 4) is 0 Å². The average Bonchev–Trinajstić information content (AvgIpc) is 2.43. The fraction of sp³-hybridized carbons (Fsp3) is 0.571. The minimum absolute atomic E-state index is 0.528. The molecule has 0 spiro atoms. The van der Waals surface area contributed by atoms with Crippen LogP contribution in [0.5, 0.6) is 0 Å². The van der Waals surface area contributed by atoms with Crippen LogP contribution < -0.4 is 4.90 Å². The molecule has 0 aliphatic rings. The van der Waals surface area contributed by atoms with Crippen molar-refractivity contribution in [2.24, 2.45) is 0 Å². The van der Waals surface area contributed by atoms with E-state index in [1.807, 2.05) is 0 Å². The number of anilines is 1. The maximum absolute atomic E-state index is 5.85. The minimum atomic E-state index is 0.528. The minimum Gasteiger partial charge on any atom is -0.385 e. The lowest BCUT2D eigenvalue weighted by Crippen LogP contribution is -2.29. The first-order chi connectivity index (χ1) is 9.22. The number of halogens is 2. The highest BCUT2D eigenvalue weighted by atomic mass is 79.9. The summed E-state index contributed by atoms with van der Waals surface area (Å²) in [6.07, 6.45) is 0.990. The van der Waals surface area contributed by atoms with Gasteiger partial charge in [-0.3, -0.25) is 0 Å². The van der Waals surface area contributed by atoms with Crippen molar-refractivity contribution >= 4 is 33.2 Å². The zero-order valence-corrected chi connectivity index (χ0v) is 13.8. The predicted octanol–water partition coefficient (Wildman–Crippen LogP) is 3.68. The summed E-state index contributed by atoms with van der Waals surface area (Å²) in [5.41, 5.74) is 2.28. The number of rotatable bonds is 9. The Hall–Kier alpha value is -0.290. The number of alkyl halides is 1. The summed E-state index contributed by atoms with van der Waals surface area (Å²) >= 11 is 9.46. The molecule has 0 saturated carbocycles. The van der Waals surface area contributed by atoms with Crippen LogP contribution in [0.2, 0.25) is 0 Å². The van der Waals surface area contributed by atoms with E-state index in [0.717, 1.165) is 36.2 Å². The van der Waals surface area contributed by atoms with Gasteiger partial charge in [0.15, 0.2) is 0 Å². The van der Waals surface area contributed by atoms with Crippen LogP contribution in [0.15, 0.2) is 22.7 Å². The molecule has 0 saturated heterocycles. The van der Waals surface area contributed by atoms with Crippen molar-refractivity contribution in [1.29, 1.82) is 0 Å². The van der Waals surface area contributed by atoms with Crippen molar-refractivity contribution in [1.82, 2.24) is 0 Å². The van der Waals surface area contributed by atoms with Gasteiger partial charge >= 0.3 is 0 Å². The lowest BCUT2D eigenvalue weighted by Gasteiger charge is -2.26. The van der Waals surface area contributed by atoms with Gasteiger partial charge in [-0.1, -0.05) is 6.07 Å². The average molecular weight is 351 g/mol. The number of benzene rings is 1. The number of methoxy groups -OCH3 is 2. The number of nitrogens with zero attached hydrogens (tertiary/aromatic N) is 1. The largest absolute Gasteiger partial charge is 0.385 e. The number of ether oxygens (including phenoxy) is 2. The van der Waals surface area contributed by atoms with E-state index in [1.165, 1.54) is 5.69 Å². The highest BCUT2D eigenvalue weighted by Crippen LogP contribution is 2.28. The fourth-order valence-electron chi connectivity index (χ4n) is 1.84. The summed E-state index contributed by atoms with van der Waals surface area (Å²) in [6, 6.07) is 6.23. The summed E-state index contributed by atoms with van der Waals surface area (Å²) in [4.78, 5) is 2.30. The smallest absolute Gasteiger partial charge is 0.0637 e. The molecule has 19 heavy (non-hydrogen) atoms. The van der Waals surface area contributed by atoms with E-state index in [0.29, 0.717) is 12.5 Å². The Morgan fingerprint density at radius 3 is 2.47 bits per heavy atom. The highest BCUT2D eigenvalue weighted by Gasteiger charge is 2.10. The summed E-state index contributed by atoms with van der Waals surface area (Å²) in [5, 5.41) is 0. The molecule has 0 amide bonds. The highest BCUT2D eigenvalue weighted by molar-refractivity contribution is 9.10. The molecule has 1 rings (SSSR count). The van der Waals surface area contributed by atoms with Gasteiger partial charge in [-0.05, 0) is 40.0 Å². The Labute approximate surface area is 129 Å². The fourth-order valence-corrected chi connectivity index (χ4v) is 2.69. The SMILES string of the molecule is COCCCN(CCOC)c1ccc(CCl)cc1Br. The first-order valence-electron chi connectivity index (χ1n) is 6.30. The van der Waals surface area contributed by atoms with E-state index in [2.05, 4.69) is 39.0 Å². The molecule has 0 fully saturated rings. The van der Waals surface area contributed by atoms with E-state index >= 15 is 0 Å². The Morgan fingerprint density at radius 2 is 1.89 bits per heavy atom. The quantitative estimate of drug-likeness (QED) is 0.501. The normalized spacial score (nSPS) is 10.7. The van der Waals surface area contributed by atoms with Gasteiger partial charge in [-0.15, -0.1) is 11.6 Å². The van der Waals surface area contributed by atoms with Crippen molar-refractivity contribution < 1.29 is 9.47 Å². The molecule has 3 nitrogen and oxygen atoms in total. The molecule has 0 unspecified atom stereocenters. The Morgan fingerprint density at radius 1 is 1.16 bits per heavy atom. The third-order valence-corrected chi connectivity index (χ3v) is 3.79. The van der Waals surface area contributed by atoms with Crippen LogP contribution in [-0.2, 0) is 15.4 Å². The Bertz CT molecular complexity index is 376. The molecular weight excluding hydrogens is 330 g/mol. The van der Waals surface area contributed by atoms with E-state index in [1.54, 1.807) is 14.2 Å². The van der Waals surface area contributed by atoms with Gasteiger partial charge in [0.05, 0.1) is 12.3 Å². The molecular formula is C14H21BrClNO2. The zero-order valence-electron chi connectivity index (χ0n) is 11.5. The first kappa shape index (κ1) is 16.8. The molecule has 0 aromatic heterocycles. The van der Waals surface area contributed by atoms with Gasteiger partial charge in [0.1, 0.15) is 0 Å². The van der Waals surface area contributed by atoms with Crippen LogP contribution in [0.4, 0.5) is 5.69 Å². The molecule has 0 aliphatic heterocycles. The first-order valence-corrected chi connectivity index (χ1v) is 7.63. The Balaban J connectivity index is 2.77. The number of hydrogen-bond donors (Lipinski definition) is 0. The van der Waals surface area contributed by atoms with Crippen molar-refractivity contribution in [3.63, 3.8) is 0 Å². The molecule has 0 heterocycles. The van der Waals surface area contributed by atoms with E-state index in [9.17, 15) is 0 Å². The topological polar surface area (TPSA) is 21.7 Å². The molecule has 5 heteroatoms. The standard InChI is InChI=1S/C14H21BrClNO2/c1-18-8-3-6-17(7-9-19-2)14-5-4-12(11-16)10-13(14)15/h4-5,10H,3,6-9,11H2,1-2H3. The Kier molecular flexibility index (Phi) is 8.46. The molecule has 108 valence electrons. The zero-order chi connectivity index (χ0) is 14.1. The summed E-state index contributed by atoms with van der Waals surface area (Å²) in [5.74, 6) is 0.528. The molecule has 0 N–H and O–H groups in total. The van der Waals surface area contributed by atoms with Gasteiger partial charge in [-0.2, -0.15) is 0 Å². The van der Waals surface area contributed by atoms with Crippen LogP contribution in [-0.4, -0.2) is 40.5 Å². The van der Waals surface area contributed by atoms with Crippen molar-refractivity contribution in [2.75, 3.05) is 45.4 Å². The van der Waals surface area contributed by atoms with E-state index < -0.39 is 0 Å². The van der Waals surface area contributed by atoms with Crippen molar-refractivity contribution in [2.45, 2.75) is 12.3 Å². The van der Waals surface area contributed by atoms with Crippen LogP contribution in [0.1, 0.15) is 12.0 Å². The second-order valence-electron chi connectivity index (χ2n) is 4.25. The van der Waals surface area contributed by atoms with Gasteiger partial charge in [0.25, 0.3) is 0 Å². The molecule has 0 radical (unpaired) electrons. The van der Waals surface area contributed by atoms with Gasteiger partial charge < -0.3 is 14.4 Å². The third kappa shape index (κ3) is 5.69. The molecule has 0 atom stereocenters. The summed E-state index contributed by atoms with van der Waals surface area (Å²) in [7, 11) is 3.45. The van der Waals surface area contributed by atoms with Gasteiger partial charge in [-0.25, -0.2) is 0 Å². The third-order valence-electron chi connectivity index (χ3n) is 2.85. The number of hydrogen-bond acceptors (Lipinski definition) is 3. The van der Waals surface area contributed by atoms with Crippen LogP contribution in [0.3, 0.4) is 0 Å². The monoisotopic (exact) mass is 349 g/mol. The molecule has 0 aliphatic carbocycles. The second kappa shape index (κ2) is 9.59. The van der Waals surface area contributed by atoms with Gasteiger partial charge in [0, 0.05) is 44.3 Å². The van der Waals surface area contributed by atoms with Crippen LogP contribution in [0.25, 0.3) is 0 Å². The maximum Gasteiger partial charge on any atom is 0.0637 e. The van der Waals surface area contributed by atoms with Gasteiger partial charge in [0.2, 0.25) is 0 Å². The maximum atomic E-state index is 5.85. The molecule has 1 aromatic rings. The predicted molar refractivity (Wildman–Crippen MR) is 84.3 cm³/mol. The van der Waals surface area contributed by atoms with E-state index in [-0.39, 0.29) is 0 Å². The van der Waals surface area contributed by atoms with Crippen LogP contribution >= 0.6 is 27.5 Å². The summed E-state index contributed by atoms with van der Waals surface area (Å²) < 4.78 is 11.4. The lowest BCUT2D eigenvalue weighted by atomic mass is 10.2. The molecule has 0 bridgehead atoms. The van der Waals surface area contributed by atoms with E-state index in [4.69, 9.17) is 21.1 Å².